The fourth-order valence-electron chi connectivity index (χ4n) is 2.43. The molecule has 0 saturated carbocycles. The molecule has 1 aromatic carbocycles. The van der Waals surface area contributed by atoms with Crippen LogP contribution in [-0.4, -0.2) is 30.9 Å². The first kappa shape index (κ1) is 13.2. The van der Waals surface area contributed by atoms with Crippen molar-refractivity contribution in [2.45, 2.75) is 19.4 Å². The van der Waals surface area contributed by atoms with Crippen LogP contribution in [0.5, 0.6) is 0 Å². The van der Waals surface area contributed by atoms with Crippen molar-refractivity contribution in [1.82, 2.24) is 5.32 Å². The zero-order valence-electron chi connectivity index (χ0n) is 10.8. The quantitative estimate of drug-likeness (QED) is 0.671. The first-order valence-electron chi connectivity index (χ1n) is 6.19. The number of para-hydroxylation sites is 1. The van der Waals surface area contributed by atoms with Gasteiger partial charge in [0.15, 0.2) is 0 Å². The number of nitrogens with two attached hydrogens (primary N) is 2. The average Bonchev–Trinajstić information content (AvgIpc) is 2.76. The molecule has 0 radical (unpaired) electrons. The minimum atomic E-state index is -0.531. The van der Waals surface area contributed by atoms with E-state index in [9.17, 15) is 9.59 Å². The Morgan fingerprint density at radius 2 is 2.16 bits per heavy atom. The normalized spacial score (nSPS) is 18.4. The molecule has 1 aromatic rings. The largest absolute Gasteiger partial charge is 0.396 e. The van der Waals surface area contributed by atoms with Crippen molar-refractivity contribution in [3.8, 4) is 0 Å². The average molecular weight is 262 g/mol. The highest BCUT2D eigenvalue weighted by atomic mass is 16.1. The van der Waals surface area contributed by atoms with Gasteiger partial charge in [0.2, 0.25) is 5.91 Å². The lowest BCUT2D eigenvalue weighted by atomic mass is 10.1. The van der Waals surface area contributed by atoms with Crippen LogP contribution in [0.25, 0.3) is 0 Å². The molecule has 0 aliphatic carbocycles. The number of nitrogens with one attached hydrogen (secondary N) is 1. The molecule has 1 saturated heterocycles. The Labute approximate surface area is 111 Å². The minimum absolute atomic E-state index is 0.0364. The summed E-state index contributed by atoms with van der Waals surface area (Å²) in [6.45, 7) is 2.98. The van der Waals surface area contributed by atoms with Crippen molar-refractivity contribution in [1.29, 1.82) is 0 Å². The summed E-state index contributed by atoms with van der Waals surface area (Å²) in [6, 6.07) is 5.35. The number of carbonyl (C=O) groups excluding carboxylic acids is 2. The number of hydrogen-bond donors (Lipinski definition) is 3. The number of amides is 2. The number of primary amides is 1. The number of rotatable bonds is 3. The number of nitrogens with zero attached hydrogens (tertiary/aromatic N) is 1. The lowest BCUT2D eigenvalue weighted by molar-refractivity contribution is -0.119. The SMILES string of the molecule is CC(=O)NC1CCN(c2cccc(C(N)=O)c2N)C1. The van der Waals surface area contributed by atoms with Crippen LogP contribution in [0.2, 0.25) is 0 Å². The standard InChI is InChI=1S/C13H18N4O2/c1-8(18)16-9-5-6-17(7-9)11-4-2-3-10(12(11)14)13(15)19/h2-4,9H,5-7,14H2,1H3,(H2,15,19)(H,16,18). The lowest BCUT2D eigenvalue weighted by Crippen LogP contribution is -2.35. The second-order valence-corrected chi connectivity index (χ2v) is 4.73. The Balaban J connectivity index is 2.18. The van der Waals surface area contributed by atoms with E-state index < -0.39 is 5.91 Å². The van der Waals surface area contributed by atoms with E-state index in [2.05, 4.69) is 10.2 Å². The van der Waals surface area contributed by atoms with Crippen LogP contribution in [0.4, 0.5) is 11.4 Å². The molecule has 102 valence electrons. The molecule has 1 aliphatic rings. The summed E-state index contributed by atoms with van der Waals surface area (Å²) in [5.74, 6) is -0.567. The van der Waals surface area contributed by atoms with Crippen LogP contribution in [-0.2, 0) is 4.79 Å². The summed E-state index contributed by atoms with van der Waals surface area (Å²) in [4.78, 5) is 24.4. The first-order valence-corrected chi connectivity index (χ1v) is 6.19. The molecule has 1 atom stereocenters. The van der Waals surface area contributed by atoms with Gasteiger partial charge in [-0.3, -0.25) is 9.59 Å². The molecule has 6 heteroatoms. The lowest BCUT2D eigenvalue weighted by Gasteiger charge is -2.21. The minimum Gasteiger partial charge on any atom is -0.396 e. The van der Waals surface area contributed by atoms with Crippen molar-refractivity contribution in [2.75, 3.05) is 23.7 Å². The molecule has 0 spiro atoms. The molecule has 1 fully saturated rings. The van der Waals surface area contributed by atoms with Gasteiger partial charge in [0.05, 0.1) is 16.9 Å². The predicted octanol–water partition coefficient (Wildman–Crippen LogP) is 0.0825. The third-order valence-corrected chi connectivity index (χ3v) is 3.28. The third kappa shape index (κ3) is 2.78. The van der Waals surface area contributed by atoms with Gasteiger partial charge >= 0.3 is 0 Å². The summed E-state index contributed by atoms with van der Waals surface area (Å²) in [5.41, 5.74) is 12.8. The maximum atomic E-state index is 11.3. The van der Waals surface area contributed by atoms with Gasteiger partial charge in [-0.1, -0.05) is 6.07 Å². The van der Waals surface area contributed by atoms with Crippen LogP contribution < -0.4 is 21.7 Å². The molecular weight excluding hydrogens is 244 g/mol. The van der Waals surface area contributed by atoms with Crippen molar-refractivity contribution < 1.29 is 9.59 Å². The van der Waals surface area contributed by atoms with Gasteiger partial charge in [-0.05, 0) is 18.6 Å². The highest BCUT2D eigenvalue weighted by molar-refractivity contribution is 6.00. The van der Waals surface area contributed by atoms with Gasteiger partial charge in [-0.25, -0.2) is 0 Å². The molecule has 0 aromatic heterocycles. The summed E-state index contributed by atoms with van der Waals surface area (Å²) in [7, 11) is 0. The third-order valence-electron chi connectivity index (χ3n) is 3.28. The summed E-state index contributed by atoms with van der Waals surface area (Å²) < 4.78 is 0. The van der Waals surface area contributed by atoms with E-state index in [0.717, 1.165) is 18.7 Å². The smallest absolute Gasteiger partial charge is 0.250 e. The molecule has 19 heavy (non-hydrogen) atoms. The van der Waals surface area contributed by atoms with Gasteiger partial charge in [0, 0.05) is 26.1 Å². The van der Waals surface area contributed by atoms with Crippen LogP contribution in [0, 0.1) is 0 Å². The molecule has 5 N–H and O–H groups in total. The monoisotopic (exact) mass is 262 g/mol. The van der Waals surface area contributed by atoms with E-state index in [-0.39, 0.29) is 11.9 Å². The van der Waals surface area contributed by atoms with E-state index in [1.165, 1.54) is 6.92 Å². The Kier molecular flexibility index (Phi) is 3.59. The molecular formula is C13H18N4O2. The number of benzene rings is 1. The fourth-order valence-corrected chi connectivity index (χ4v) is 2.43. The van der Waals surface area contributed by atoms with Gasteiger partial charge in [0.25, 0.3) is 5.91 Å². The number of carbonyl (C=O) groups is 2. The first-order chi connectivity index (χ1) is 8.99. The van der Waals surface area contributed by atoms with Gasteiger partial charge in [0.1, 0.15) is 0 Å². The second kappa shape index (κ2) is 5.17. The maximum Gasteiger partial charge on any atom is 0.250 e. The van der Waals surface area contributed by atoms with E-state index in [1.807, 2.05) is 6.07 Å². The van der Waals surface area contributed by atoms with Gasteiger partial charge < -0.3 is 21.7 Å². The zero-order valence-corrected chi connectivity index (χ0v) is 10.8. The fraction of sp³-hybridized carbons (Fsp3) is 0.385. The predicted molar refractivity (Wildman–Crippen MR) is 73.8 cm³/mol. The van der Waals surface area contributed by atoms with E-state index in [1.54, 1.807) is 12.1 Å². The van der Waals surface area contributed by atoms with Crippen LogP contribution in [0.1, 0.15) is 23.7 Å². The van der Waals surface area contributed by atoms with Crippen molar-refractivity contribution in [3.05, 3.63) is 23.8 Å². The van der Waals surface area contributed by atoms with Crippen LogP contribution in [0.15, 0.2) is 18.2 Å². The maximum absolute atomic E-state index is 11.3. The number of anilines is 2. The van der Waals surface area contributed by atoms with Gasteiger partial charge in [-0.2, -0.15) is 0 Å². The highest BCUT2D eigenvalue weighted by Gasteiger charge is 2.25. The molecule has 0 bridgehead atoms. The summed E-state index contributed by atoms with van der Waals surface area (Å²) >= 11 is 0. The van der Waals surface area contributed by atoms with E-state index >= 15 is 0 Å². The summed E-state index contributed by atoms with van der Waals surface area (Å²) in [5, 5.41) is 2.89. The second-order valence-electron chi connectivity index (χ2n) is 4.73. The van der Waals surface area contributed by atoms with E-state index in [4.69, 9.17) is 11.5 Å². The molecule has 2 amide bonds. The topological polar surface area (TPSA) is 101 Å². The molecule has 1 aliphatic heterocycles. The van der Waals surface area contributed by atoms with Crippen molar-refractivity contribution in [3.63, 3.8) is 0 Å². The number of nitrogen functional groups attached to an aromatic ring is 1. The van der Waals surface area contributed by atoms with Crippen molar-refractivity contribution >= 4 is 23.2 Å². The zero-order chi connectivity index (χ0) is 14.0. The molecule has 1 heterocycles. The summed E-state index contributed by atoms with van der Waals surface area (Å²) in [6.07, 6.45) is 0.861. The highest BCUT2D eigenvalue weighted by Crippen LogP contribution is 2.29. The Morgan fingerprint density at radius 3 is 2.79 bits per heavy atom. The van der Waals surface area contributed by atoms with Crippen molar-refractivity contribution in [2.24, 2.45) is 5.73 Å². The Morgan fingerprint density at radius 1 is 1.42 bits per heavy atom. The number of hydrogen-bond acceptors (Lipinski definition) is 4. The molecule has 1 unspecified atom stereocenters. The molecule has 6 nitrogen and oxygen atoms in total. The molecule has 2 rings (SSSR count). The van der Waals surface area contributed by atoms with Gasteiger partial charge in [-0.15, -0.1) is 0 Å². The van der Waals surface area contributed by atoms with Crippen LogP contribution in [0.3, 0.4) is 0 Å². The Hall–Kier alpha value is -2.24. The van der Waals surface area contributed by atoms with Crippen LogP contribution >= 0.6 is 0 Å². The Bertz CT molecular complexity index is 515. The van der Waals surface area contributed by atoms with E-state index in [0.29, 0.717) is 17.8 Å².